The maximum atomic E-state index is 5.74. The van der Waals surface area contributed by atoms with Crippen LogP contribution in [0.5, 0.6) is 0 Å². The Morgan fingerprint density at radius 3 is 1.79 bits per heavy atom. The van der Waals surface area contributed by atoms with Gasteiger partial charge in [-0.1, -0.05) is 0 Å². The van der Waals surface area contributed by atoms with Crippen molar-refractivity contribution < 1.29 is 25.7 Å². The second-order valence-electron chi connectivity index (χ2n) is 4.33. The van der Waals surface area contributed by atoms with E-state index in [9.17, 15) is 0 Å². The van der Waals surface area contributed by atoms with Crippen LogP contribution in [0.15, 0.2) is 0 Å². The molecule has 1 heterocycles. The van der Waals surface area contributed by atoms with Gasteiger partial charge in [0, 0.05) is 0 Å². The molecule has 0 N–H and O–H groups in total. The van der Waals surface area contributed by atoms with Crippen LogP contribution in [0.3, 0.4) is 0 Å². The van der Waals surface area contributed by atoms with Crippen molar-refractivity contribution in [3.8, 4) is 0 Å². The molecule has 14 heavy (non-hydrogen) atoms. The molecule has 2 nitrogen and oxygen atoms in total. The number of hydrogen-bond acceptors (Lipinski definition) is 2. The van der Waals surface area contributed by atoms with E-state index in [1.54, 1.807) is 0 Å². The predicted molar refractivity (Wildman–Crippen MR) is 59.8 cm³/mol. The predicted octanol–water partition coefficient (Wildman–Crippen LogP) is 3.15. The van der Waals surface area contributed by atoms with Gasteiger partial charge in [0.05, 0.1) is 11.2 Å². The monoisotopic (exact) mass is 312 g/mol. The quantitative estimate of drug-likeness (QED) is 0.576. The van der Waals surface area contributed by atoms with E-state index in [4.69, 9.17) is 9.31 Å². The summed E-state index contributed by atoms with van der Waals surface area (Å²) in [5, 5.41) is 0. The molecule has 0 amide bonds. The summed E-state index contributed by atoms with van der Waals surface area (Å²) < 4.78 is 11.5. The molecule has 0 bridgehead atoms. The van der Waals surface area contributed by atoms with E-state index in [0.717, 1.165) is 12.7 Å². The fraction of sp³-hybridized carbons (Fsp3) is 0.889. The molecule has 0 aromatic heterocycles. The zero-order chi connectivity index (χ0) is 11.4. The van der Waals surface area contributed by atoms with Gasteiger partial charge in [0.15, 0.2) is 0 Å². The van der Waals surface area contributed by atoms with Gasteiger partial charge in [0.1, 0.15) is 0 Å². The van der Waals surface area contributed by atoms with Crippen LogP contribution in [-0.4, -0.2) is 18.3 Å². The molecule has 0 radical (unpaired) electrons. The van der Waals surface area contributed by atoms with Crippen LogP contribution in [0.25, 0.3) is 0 Å². The average molecular weight is 314 g/mol. The number of hydrogen-bond donors (Lipinski definition) is 0. The molecule has 0 atom stereocenters. The van der Waals surface area contributed by atoms with Gasteiger partial charge in [-0.3, -0.25) is 0 Å². The Labute approximate surface area is 105 Å². The van der Waals surface area contributed by atoms with Gasteiger partial charge in [-0.2, -0.15) is 6.42 Å². The van der Waals surface area contributed by atoms with Crippen molar-refractivity contribution in [2.24, 2.45) is 0 Å². The van der Waals surface area contributed by atoms with Crippen LogP contribution in [0.2, 0.25) is 6.32 Å². The molecule has 1 saturated heterocycles. The molecular formula is C9H18BBrO2Zn. The Bertz CT molecular complexity index is 160. The van der Waals surface area contributed by atoms with E-state index in [-0.39, 0.29) is 18.3 Å². The minimum absolute atomic E-state index is 0.0625. The van der Waals surface area contributed by atoms with E-state index in [1.165, 1.54) is 16.3 Å². The van der Waals surface area contributed by atoms with Crippen molar-refractivity contribution in [2.45, 2.75) is 51.6 Å². The Morgan fingerprint density at radius 2 is 1.50 bits per heavy atom. The van der Waals surface area contributed by atoms with E-state index < -0.39 is 0 Å². The molecule has 5 heteroatoms. The fourth-order valence-corrected chi connectivity index (χ4v) is 1.25. The second kappa shape index (κ2) is 5.98. The van der Waals surface area contributed by atoms with Crippen molar-refractivity contribution >= 4 is 20.7 Å². The molecule has 0 unspecified atom stereocenters. The number of rotatable bonds is 2. The van der Waals surface area contributed by atoms with Crippen molar-refractivity contribution in [1.29, 1.82) is 0 Å². The molecule has 0 aromatic carbocycles. The zero-order valence-corrected chi connectivity index (χ0v) is 14.2. The first-order valence-corrected chi connectivity index (χ1v) is 11.8. The Balaban J connectivity index is 0.000000791. The summed E-state index contributed by atoms with van der Waals surface area (Å²) in [5.74, 6) is 0. The molecule has 1 aliphatic heterocycles. The van der Waals surface area contributed by atoms with Crippen molar-refractivity contribution in [2.75, 3.05) is 0 Å². The van der Waals surface area contributed by atoms with Gasteiger partial charge >= 0.3 is 37.1 Å². The van der Waals surface area contributed by atoms with Gasteiger partial charge in [-0.15, -0.1) is 0 Å². The normalized spacial score (nSPS) is 23.0. The first-order valence-electron chi connectivity index (χ1n) is 4.81. The molecule has 0 aromatic rings. The number of halogens is 1. The minimum atomic E-state index is -0.188. The van der Waals surface area contributed by atoms with Gasteiger partial charge in [0.25, 0.3) is 0 Å². The molecule has 1 fully saturated rings. The van der Waals surface area contributed by atoms with E-state index in [2.05, 4.69) is 48.2 Å². The summed E-state index contributed by atoms with van der Waals surface area (Å²) in [6.07, 6.45) is 1.74. The van der Waals surface area contributed by atoms with E-state index in [0.29, 0.717) is 0 Å². The summed E-state index contributed by atoms with van der Waals surface area (Å²) in [5.41, 5.74) is -0.375. The first-order chi connectivity index (χ1) is 6.39. The molecule has 1 aliphatic rings. The summed E-state index contributed by atoms with van der Waals surface area (Å²) >= 11 is 4.25. The average Bonchev–Trinajstić information content (AvgIpc) is 2.25. The van der Waals surface area contributed by atoms with Crippen LogP contribution in [-0.2, 0) is 25.7 Å². The van der Waals surface area contributed by atoms with Gasteiger partial charge in [-0.05, 0) is 34.0 Å². The third-order valence-electron chi connectivity index (χ3n) is 2.74. The molecule has 0 spiro atoms. The maximum absolute atomic E-state index is 5.74. The van der Waals surface area contributed by atoms with Crippen LogP contribution in [0, 0.1) is 6.92 Å². The Morgan fingerprint density at radius 1 is 1.14 bits per heavy atom. The van der Waals surface area contributed by atoms with Crippen molar-refractivity contribution in [3.05, 3.63) is 6.92 Å². The Kier molecular flexibility index (Phi) is 6.45. The van der Waals surface area contributed by atoms with Crippen LogP contribution in [0.4, 0.5) is 0 Å². The molecule has 0 aliphatic carbocycles. The van der Waals surface area contributed by atoms with Crippen LogP contribution in [0.1, 0.15) is 34.1 Å². The Hall–Kier alpha value is 1.09. The van der Waals surface area contributed by atoms with Crippen LogP contribution >= 0.6 is 13.6 Å². The topological polar surface area (TPSA) is 18.5 Å². The van der Waals surface area contributed by atoms with Crippen molar-refractivity contribution in [3.63, 3.8) is 0 Å². The molecular weight excluding hydrogens is 296 g/mol. The van der Waals surface area contributed by atoms with Crippen molar-refractivity contribution in [1.82, 2.24) is 0 Å². The van der Waals surface area contributed by atoms with Crippen LogP contribution < -0.4 is 0 Å². The summed E-state index contributed by atoms with van der Waals surface area (Å²) in [4.78, 5) is 0. The van der Waals surface area contributed by atoms with Gasteiger partial charge in [-0.25, -0.2) is 0 Å². The molecule has 78 valence electrons. The van der Waals surface area contributed by atoms with Gasteiger partial charge < -0.3 is 16.2 Å². The first kappa shape index (κ1) is 15.1. The van der Waals surface area contributed by atoms with Gasteiger partial charge in [0.2, 0.25) is 0 Å². The second-order valence-corrected chi connectivity index (χ2v) is 4.33. The fourth-order valence-electron chi connectivity index (χ4n) is 1.25. The summed E-state index contributed by atoms with van der Waals surface area (Å²) in [7, 11) is -0.0625. The SMILES string of the molecule is [CH2-]CCB1OC(C)(C)C(C)(C)O1.[Zn+][Br]. The van der Waals surface area contributed by atoms with E-state index in [1.807, 2.05) is 0 Å². The van der Waals surface area contributed by atoms with E-state index >= 15 is 0 Å². The summed E-state index contributed by atoms with van der Waals surface area (Å²) in [6, 6.07) is 0. The summed E-state index contributed by atoms with van der Waals surface area (Å²) in [6.45, 7) is 12.0. The molecule has 1 rings (SSSR count). The third kappa shape index (κ3) is 3.59. The third-order valence-corrected chi connectivity index (χ3v) is 2.74. The standard InChI is InChI=1S/C9H18BO2.BrH.Zn/c1-6-7-10-11-8(2,3)9(4,5)12-10;;/h1,6-7H2,2-5H3;1H;/q-1;;+2/p-1. The molecule has 0 saturated carbocycles. The zero-order valence-electron chi connectivity index (χ0n) is 9.60.